The number of aldehydes is 1. The highest BCUT2D eigenvalue weighted by Crippen LogP contribution is 2.63. The van der Waals surface area contributed by atoms with Gasteiger partial charge in [0.1, 0.15) is 18.9 Å². The SMILES string of the molecule is CC=C1C[N+]2(CCC)CCC34C(=C(C=O)[C@H]1C[C@@H]32)Nc1ccccc14. The van der Waals surface area contributed by atoms with Crippen LogP contribution in [0.3, 0.4) is 0 Å². The van der Waals surface area contributed by atoms with Crippen molar-refractivity contribution >= 4 is 12.0 Å². The van der Waals surface area contributed by atoms with E-state index in [1.165, 1.54) is 46.5 Å². The van der Waals surface area contributed by atoms with Gasteiger partial charge in [0.25, 0.3) is 0 Å². The van der Waals surface area contributed by atoms with E-state index in [2.05, 4.69) is 49.5 Å². The van der Waals surface area contributed by atoms with Gasteiger partial charge in [0.2, 0.25) is 0 Å². The normalized spacial score (nSPS) is 39.2. The molecule has 4 aliphatic rings. The van der Waals surface area contributed by atoms with Crippen molar-refractivity contribution in [2.24, 2.45) is 5.92 Å². The molecule has 25 heavy (non-hydrogen) atoms. The Labute approximate surface area is 150 Å². The van der Waals surface area contributed by atoms with Gasteiger partial charge in [-0.2, -0.15) is 0 Å². The van der Waals surface area contributed by atoms with E-state index in [-0.39, 0.29) is 5.41 Å². The predicted octanol–water partition coefficient (Wildman–Crippen LogP) is 3.78. The molecule has 3 heteroatoms. The molecule has 0 amide bonds. The Balaban J connectivity index is 1.81. The fourth-order valence-corrected chi connectivity index (χ4v) is 6.68. The van der Waals surface area contributed by atoms with Crippen LogP contribution < -0.4 is 5.32 Å². The predicted molar refractivity (Wildman–Crippen MR) is 100 cm³/mol. The molecule has 4 atom stereocenters. The number of para-hydroxylation sites is 1. The highest BCUT2D eigenvalue weighted by atomic mass is 16.1. The number of quaternary nitrogens is 1. The number of nitrogens with zero attached hydrogens (tertiary/aromatic N) is 1. The van der Waals surface area contributed by atoms with E-state index in [0.29, 0.717) is 12.0 Å². The maximum Gasteiger partial charge on any atom is 0.148 e. The minimum atomic E-state index is 0.0395. The first-order chi connectivity index (χ1) is 12.2. The van der Waals surface area contributed by atoms with Gasteiger partial charge < -0.3 is 9.80 Å². The molecular weight excluding hydrogens is 308 g/mol. The largest absolute Gasteiger partial charge is 0.357 e. The molecule has 1 spiro atoms. The second-order valence-electron chi connectivity index (χ2n) is 8.33. The van der Waals surface area contributed by atoms with Crippen LogP contribution in [0.1, 0.15) is 38.7 Å². The molecule has 1 aromatic rings. The van der Waals surface area contributed by atoms with Crippen LogP contribution in [-0.4, -0.2) is 36.4 Å². The number of rotatable bonds is 3. The number of carbonyl (C=O) groups is 1. The molecule has 1 aromatic carbocycles. The number of benzene rings is 1. The summed E-state index contributed by atoms with van der Waals surface area (Å²) in [6.07, 6.45) is 6.96. The number of fused-ring (bicyclic) bond motifs is 2. The molecule has 2 fully saturated rings. The van der Waals surface area contributed by atoms with E-state index in [1.807, 2.05) is 0 Å². The summed E-state index contributed by atoms with van der Waals surface area (Å²) < 4.78 is 1.22. The first-order valence-electron chi connectivity index (χ1n) is 9.77. The van der Waals surface area contributed by atoms with Crippen LogP contribution in [0.2, 0.25) is 0 Å². The Kier molecular flexibility index (Phi) is 3.12. The lowest BCUT2D eigenvalue weighted by atomic mass is 9.61. The standard InChI is InChI=1S/C22H26N2O/c1-3-10-24-11-9-22-18-7-5-6-8-19(18)23-21(22)17(14-25)16(12-20(22)24)15(4-2)13-24/h4-8,14,16,20H,3,9-13H2,1-2H3/p+1/t16-,20-,22?,24?/m0/s1. The fourth-order valence-electron chi connectivity index (χ4n) is 6.68. The Hall–Kier alpha value is -1.87. The summed E-state index contributed by atoms with van der Waals surface area (Å²) in [6.45, 7) is 8.08. The molecule has 0 saturated carbocycles. The number of hydrogen-bond acceptors (Lipinski definition) is 2. The van der Waals surface area contributed by atoms with Crippen molar-refractivity contribution in [3.63, 3.8) is 0 Å². The Morgan fingerprint density at radius 3 is 2.96 bits per heavy atom. The highest BCUT2D eigenvalue weighted by Gasteiger charge is 2.68. The van der Waals surface area contributed by atoms with Crippen molar-refractivity contribution in [2.45, 2.75) is 44.6 Å². The molecule has 3 heterocycles. The molecule has 3 nitrogen and oxygen atoms in total. The third-order valence-electron chi connectivity index (χ3n) is 7.53. The lowest BCUT2D eigenvalue weighted by Gasteiger charge is -2.53. The van der Waals surface area contributed by atoms with Crippen molar-refractivity contribution in [3.05, 3.63) is 52.7 Å². The fraction of sp³-hybridized carbons (Fsp3) is 0.500. The maximum atomic E-state index is 12.2. The Bertz CT molecular complexity index is 823. The minimum absolute atomic E-state index is 0.0395. The Morgan fingerprint density at radius 1 is 1.36 bits per heavy atom. The van der Waals surface area contributed by atoms with Gasteiger partial charge in [-0.05, 0) is 30.5 Å². The van der Waals surface area contributed by atoms with Gasteiger partial charge in [-0.25, -0.2) is 0 Å². The van der Waals surface area contributed by atoms with Gasteiger partial charge in [0.15, 0.2) is 0 Å². The Morgan fingerprint density at radius 2 is 2.20 bits per heavy atom. The first kappa shape index (κ1) is 15.4. The summed E-state index contributed by atoms with van der Waals surface area (Å²) in [5.41, 5.74) is 6.44. The molecule has 5 rings (SSSR count). The zero-order chi connectivity index (χ0) is 17.2. The zero-order valence-corrected chi connectivity index (χ0v) is 15.2. The number of allylic oxidation sites excluding steroid dienone is 2. The summed E-state index contributed by atoms with van der Waals surface area (Å²) in [6, 6.07) is 9.36. The van der Waals surface area contributed by atoms with E-state index in [0.717, 1.165) is 31.2 Å². The topological polar surface area (TPSA) is 29.1 Å². The quantitative estimate of drug-likeness (QED) is 0.517. The van der Waals surface area contributed by atoms with Gasteiger partial charge in [-0.3, -0.25) is 4.79 Å². The van der Waals surface area contributed by atoms with Gasteiger partial charge >= 0.3 is 0 Å². The molecule has 130 valence electrons. The minimum Gasteiger partial charge on any atom is -0.357 e. The van der Waals surface area contributed by atoms with Crippen molar-refractivity contribution < 1.29 is 9.28 Å². The van der Waals surface area contributed by atoms with Gasteiger partial charge in [0, 0.05) is 35.7 Å². The molecule has 2 bridgehead atoms. The number of nitrogens with one attached hydrogen (secondary N) is 1. The molecule has 3 aliphatic heterocycles. The van der Waals surface area contributed by atoms with Crippen molar-refractivity contribution in [1.82, 2.24) is 0 Å². The maximum absolute atomic E-state index is 12.2. The van der Waals surface area contributed by atoms with Crippen LogP contribution >= 0.6 is 0 Å². The molecule has 0 radical (unpaired) electrons. The van der Waals surface area contributed by atoms with Crippen LogP contribution in [0.5, 0.6) is 0 Å². The van der Waals surface area contributed by atoms with Crippen LogP contribution in [0.4, 0.5) is 5.69 Å². The second-order valence-corrected chi connectivity index (χ2v) is 8.33. The molecule has 1 N–H and O–H groups in total. The first-order valence-corrected chi connectivity index (χ1v) is 9.77. The average Bonchev–Trinajstić information content (AvgIpc) is 3.16. The van der Waals surface area contributed by atoms with Crippen LogP contribution in [-0.2, 0) is 10.2 Å². The summed E-state index contributed by atoms with van der Waals surface area (Å²) in [5.74, 6) is 0.318. The van der Waals surface area contributed by atoms with E-state index in [1.54, 1.807) is 0 Å². The zero-order valence-electron chi connectivity index (χ0n) is 15.2. The number of hydrogen-bond donors (Lipinski definition) is 1. The van der Waals surface area contributed by atoms with Crippen molar-refractivity contribution in [2.75, 3.05) is 25.0 Å². The molecular formula is C22H27N2O+. The van der Waals surface area contributed by atoms with Crippen molar-refractivity contribution in [1.29, 1.82) is 0 Å². The number of carbonyl (C=O) groups excluding carboxylic acids is 1. The monoisotopic (exact) mass is 335 g/mol. The van der Waals surface area contributed by atoms with E-state index < -0.39 is 0 Å². The van der Waals surface area contributed by atoms with Crippen LogP contribution in [0, 0.1) is 5.92 Å². The van der Waals surface area contributed by atoms with Crippen molar-refractivity contribution in [3.8, 4) is 0 Å². The average molecular weight is 335 g/mol. The summed E-state index contributed by atoms with van der Waals surface area (Å²) in [5, 5.41) is 3.70. The smallest absolute Gasteiger partial charge is 0.148 e. The molecule has 2 unspecified atom stereocenters. The highest BCUT2D eigenvalue weighted by molar-refractivity contribution is 5.84. The third kappa shape index (κ3) is 1.68. The van der Waals surface area contributed by atoms with E-state index in [9.17, 15) is 4.79 Å². The second kappa shape index (κ2) is 5.07. The lowest BCUT2D eigenvalue weighted by Crippen LogP contribution is -2.63. The molecule has 2 saturated heterocycles. The summed E-state index contributed by atoms with van der Waals surface area (Å²) in [7, 11) is 0. The lowest BCUT2D eigenvalue weighted by molar-refractivity contribution is -0.941. The van der Waals surface area contributed by atoms with Crippen LogP contribution in [0.25, 0.3) is 0 Å². The van der Waals surface area contributed by atoms with E-state index >= 15 is 0 Å². The van der Waals surface area contributed by atoms with Gasteiger partial charge in [-0.15, -0.1) is 0 Å². The van der Waals surface area contributed by atoms with Crippen LogP contribution in [0.15, 0.2) is 47.2 Å². The molecule has 1 aliphatic carbocycles. The summed E-state index contributed by atoms with van der Waals surface area (Å²) in [4.78, 5) is 12.2. The van der Waals surface area contributed by atoms with Gasteiger partial charge in [0.05, 0.1) is 18.5 Å². The van der Waals surface area contributed by atoms with Gasteiger partial charge in [-0.1, -0.05) is 31.2 Å². The third-order valence-corrected chi connectivity index (χ3v) is 7.53. The molecule has 0 aromatic heterocycles. The summed E-state index contributed by atoms with van der Waals surface area (Å²) >= 11 is 0. The number of piperidine rings is 1. The van der Waals surface area contributed by atoms with E-state index in [4.69, 9.17) is 0 Å². The number of anilines is 1.